The maximum Gasteiger partial charge on any atom is 0.342 e. The highest BCUT2D eigenvalue weighted by Crippen LogP contribution is 2.56. The minimum atomic E-state index is -3.93. The van der Waals surface area contributed by atoms with Crippen molar-refractivity contribution in [2.45, 2.75) is 19.5 Å². The van der Waals surface area contributed by atoms with Gasteiger partial charge in [-0.2, -0.15) is 0 Å². The summed E-state index contributed by atoms with van der Waals surface area (Å²) in [6.45, 7) is 3.01. The number of rotatable bonds is 5. The number of carbonyl (C=O) groups is 1. The third-order valence-corrected chi connectivity index (χ3v) is 4.08. The second-order valence-corrected chi connectivity index (χ2v) is 5.31. The number of ketones is 1. The van der Waals surface area contributed by atoms with Gasteiger partial charge in [-0.15, -0.1) is 0 Å². The molecule has 0 amide bonds. The van der Waals surface area contributed by atoms with Gasteiger partial charge < -0.3 is 9.42 Å². The van der Waals surface area contributed by atoms with Crippen LogP contribution in [0.15, 0.2) is 30.3 Å². The van der Waals surface area contributed by atoms with Gasteiger partial charge in [0.1, 0.15) is 11.4 Å². The SMILES string of the molecule is CCOP(=O)(O)C(C(C)=O)c1ccccc1. The Morgan fingerprint density at radius 3 is 2.44 bits per heavy atom. The van der Waals surface area contributed by atoms with Gasteiger partial charge in [0.2, 0.25) is 0 Å². The van der Waals surface area contributed by atoms with Crippen LogP contribution in [0.2, 0.25) is 0 Å². The van der Waals surface area contributed by atoms with E-state index in [9.17, 15) is 14.3 Å². The molecule has 0 aliphatic rings. The zero-order chi connectivity index (χ0) is 12.2. The van der Waals surface area contributed by atoms with Gasteiger partial charge in [0, 0.05) is 0 Å². The van der Waals surface area contributed by atoms with Crippen molar-refractivity contribution >= 4 is 13.4 Å². The molecule has 0 saturated heterocycles. The number of Topliss-reactive ketones (excluding diaryl/α,β-unsaturated/α-hetero) is 1. The van der Waals surface area contributed by atoms with Crippen molar-refractivity contribution in [3.8, 4) is 0 Å². The first-order valence-electron chi connectivity index (χ1n) is 5.01. The van der Waals surface area contributed by atoms with Gasteiger partial charge in [0.05, 0.1) is 6.61 Å². The predicted molar refractivity (Wildman–Crippen MR) is 61.3 cm³/mol. The Labute approximate surface area is 94.8 Å². The Bertz CT molecular complexity index is 402. The van der Waals surface area contributed by atoms with Crippen molar-refractivity contribution in [2.75, 3.05) is 6.61 Å². The van der Waals surface area contributed by atoms with Crippen LogP contribution in [0.3, 0.4) is 0 Å². The van der Waals surface area contributed by atoms with Crippen molar-refractivity contribution in [3.63, 3.8) is 0 Å². The van der Waals surface area contributed by atoms with Crippen molar-refractivity contribution in [2.24, 2.45) is 0 Å². The fourth-order valence-corrected chi connectivity index (χ4v) is 3.08. The third-order valence-electron chi connectivity index (χ3n) is 2.14. The fourth-order valence-electron chi connectivity index (χ4n) is 1.55. The van der Waals surface area contributed by atoms with E-state index in [4.69, 9.17) is 4.52 Å². The van der Waals surface area contributed by atoms with Crippen LogP contribution in [0.1, 0.15) is 25.1 Å². The summed E-state index contributed by atoms with van der Waals surface area (Å²) in [5.74, 6) is -0.370. The Morgan fingerprint density at radius 1 is 1.44 bits per heavy atom. The number of benzene rings is 1. The fraction of sp³-hybridized carbons (Fsp3) is 0.364. The van der Waals surface area contributed by atoms with Crippen LogP contribution in [0.5, 0.6) is 0 Å². The summed E-state index contributed by atoms with van der Waals surface area (Å²) in [5, 5.41) is 0. The molecule has 88 valence electrons. The van der Waals surface area contributed by atoms with Gasteiger partial charge >= 0.3 is 7.60 Å². The van der Waals surface area contributed by atoms with Crippen molar-refractivity contribution in [1.29, 1.82) is 0 Å². The summed E-state index contributed by atoms with van der Waals surface area (Å²) in [4.78, 5) is 21.2. The molecule has 2 atom stereocenters. The summed E-state index contributed by atoms with van der Waals surface area (Å²) >= 11 is 0. The van der Waals surface area contributed by atoms with Crippen molar-refractivity contribution < 1.29 is 18.8 Å². The van der Waals surface area contributed by atoms with E-state index in [1.165, 1.54) is 6.92 Å². The molecule has 1 aromatic carbocycles. The average Bonchev–Trinajstić information content (AvgIpc) is 2.17. The Kier molecular flexibility index (Phi) is 4.42. The molecule has 0 radical (unpaired) electrons. The highest BCUT2D eigenvalue weighted by atomic mass is 31.2. The van der Waals surface area contributed by atoms with Gasteiger partial charge in [0.15, 0.2) is 0 Å². The molecule has 0 aliphatic carbocycles. The lowest BCUT2D eigenvalue weighted by molar-refractivity contribution is -0.117. The molecule has 0 heterocycles. The zero-order valence-corrected chi connectivity index (χ0v) is 10.2. The van der Waals surface area contributed by atoms with Crippen LogP contribution in [0.25, 0.3) is 0 Å². The maximum atomic E-state index is 11.9. The summed E-state index contributed by atoms with van der Waals surface area (Å²) in [5.41, 5.74) is -0.581. The number of carbonyl (C=O) groups excluding carboxylic acids is 1. The largest absolute Gasteiger partial charge is 0.342 e. The van der Waals surface area contributed by atoms with Crippen LogP contribution < -0.4 is 0 Å². The monoisotopic (exact) mass is 242 g/mol. The molecule has 1 aromatic rings. The zero-order valence-electron chi connectivity index (χ0n) is 9.29. The first-order valence-corrected chi connectivity index (χ1v) is 6.66. The first-order chi connectivity index (χ1) is 7.49. The standard InChI is InChI=1S/C11H15O4P/c1-3-15-16(13,14)11(9(2)12)10-7-5-4-6-8-10/h4-8,11H,3H2,1-2H3,(H,13,14). The quantitative estimate of drug-likeness (QED) is 0.806. The normalized spacial score (nSPS) is 16.4. The molecule has 16 heavy (non-hydrogen) atoms. The number of hydrogen-bond donors (Lipinski definition) is 1. The lowest BCUT2D eigenvalue weighted by Crippen LogP contribution is -2.11. The summed E-state index contributed by atoms with van der Waals surface area (Å²) < 4.78 is 16.7. The summed E-state index contributed by atoms with van der Waals surface area (Å²) in [6.07, 6.45) is 0. The summed E-state index contributed by atoms with van der Waals surface area (Å²) in [7, 11) is -3.93. The first kappa shape index (κ1) is 13.1. The highest BCUT2D eigenvalue weighted by Gasteiger charge is 2.37. The molecule has 0 saturated carbocycles. The topological polar surface area (TPSA) is 63.6 Å². The minimum absolute atomic E-state index is 0.102. The number of hydrogen-bond acceptors (Lipinski definition) is 3. The molecule has 2 unspecified atom stereocenters. The third kappa shape index (κ3) is 3.01. The van der Waals surface area contributed by atoms with E-state index in [2.05, 4.69) is 0 Å². The molecule has 4 nitrogen and oxygen atoms in total. The lowest BCUT2D eigenvalue weighted by atomic mass is 10.1. The van der Waals surface area contributed by atoms with Gasteiger partial charge in [-0.1, -0.05) is 30.3 Å². The van der Waals surface area contributed by atoms with Crippen molar-refractivity contribution in [1.82, 2.24) is 0 Å². The molecule has 0 fully saturated rings. The molecular formula is C11H15O4P. The maximum absolute atomic E-state index is 11.9. The molecular weight excluding hydrogens is 227 g/mol. The molecule has 0 bridgehead atoms. The molecule has 0 aliphatic heterocycles. The van der Waals surface area contributed by atoms with Gasteiger partial charge in [-0.05, 0) is 19.4 Å². The van der Waals surface area contributed by atoms with Crippen molar-refractivity contribution in [3.05, 3.63) is 35.9 Å². The molecule has 0 spiro atoms. The van der Waals surface area contributed by atoms with Crippen LogP contribution in [0.4, 0.5) is 0 Å². The molecule has 5 heteroatoms. The minimum Gasteiger partial charge on any atom is -0.324 e. The van der Waals surface area contributed by atoms with Gasteiger partial charge in [-0.25, -0.2) is 0 Å². The van der Waals surface area contributed by atoms with E-state index in [1.54, 1.807) is 37.3 Å². The predicted octanol–water partition coefficient (Wildman–Crippen LogP) is 2.54. The smallest absolute Gasteiger partial charge is 0.324 e. The Morgan fingerprint density at radius 2 is 2.00 bits per heavy atom. The average molecular weight is 242 g/mol. The van der Waals surface area contributed by atoms with Crippen LogP contribution in [-0.4, -0.2) is 17.3 Å². The van der Waals surface area contributed by atoms with Crippen LogP contribution >= 0.6 is 7.60 Å². The van der Waals surface area contributed by atoms with Crippen LogP contribution in [0, 0.1) is 0 Å². The molecule has 1 N–H and O–H groups in total. The van der Waals surface area contributed by atoms with E-state index in [0.717, 1.165) is 0 Å². The second-order valence-electron chi connectivity index (χ2n) is 3.41. The molecule has 1 rings (SSSR count). The Hall–Kier alpha value is -0.960. The van der Waals surface area contributed by atoms with E-state index in [1.807, 2.05) is 0 Å². The second kappa shape index (κ2) is 5.39. The highest BCUT2D eigenvalue weighted by molar-refractivity contribution is 7.54. The molecule has 0 aromatic heterocycles. The van der Waals surface area contributed by atoms with E-state index >= 15 is 0 Å². The van der Waals surface area contributed by atoms with Gasteiger partial charge in [-0.3, -0.25) is 9.36 Å². The van der Waals surface area contributed by atoms with Gasteiger partial charge in [0.25, 0.3) is 0 Å². The lowest BCUT2D eigenvalue weighted by Gasteiger charge is -2.20. The van der Waals surface area contributed by atoms with E-state index in [0.29, 0.717) is 5.56 Å². The Balaban J connectivity index is 3.11. The summed E-state index contributed by atoms with van der Waals surface area (Å²) in [6, 6.07) is 8.51. The van der Waals surface area contributed by atoms with E-state index in [-0.39, 0.29) is 12.4 Å². The van der Waals surface area contributed by atoms with E-state index < -0.39 is 13.3 Å². The van der Waals surface area contributed by atoms with Crippen LogP contribution in [-0.2, 0) is 13.9 Å².